The van der Waals surface area contributed by atoms with Crippen LogP contribution in [-0.4, -0.2) is 28.4 Å². The molecule has 0 atom stereocenters. The first-order valence-electron chi connectivity index (χ1n) is 1.93. The summed E-state index contributed by atoms with van der Waals surface area (Å²) in [6.45, 7) is 0. The predicted octanol–water partition coefficient (Wildman–Crippen LogP) is 0.425. The van der Waals surface area contributed by atoms with Crippen LogP contribution in [-0.2, 0) is 7.05 Å². The SMILES string of the molecule is Cn1ccnc1Cl.[LiH]. The fourth-order valence-corrected chi connectivity index (χ4v) is 0.460. The van der Waals surface area contributed by atoms with Gasteiger partial charge in [0.1, 0.15) is 0 Å². The van der Waals surface area contributed by atoms with E-state index in [4.69, 9.17) is 11.6 Å². The van der Waals surface area contributed by atoms with Gasteiger partial charge in [-0.15, -0.1) is 0 Å². The number of imidazole rings is 1. The van der Waals surface area contributed by atoms with Crippen LogP contribution in [0.2, 0.25) is 5.28 Å². The molecule has 1 rings (SSSR count). The van der Waals surface area contributed by atoms with Gasteiger partial charge in [-0.25, -0.2) is 4.98 Å². The third kappa shape index (κ3) is 1.55. The Morgan fingerprint density at radius 1 is 1.75 bits per heavy atom. The maximum atomic E-state index is 5.48. The number of aryl methyl sites for hydroxylation is 1. The van der Waals surface area contributed by atoms with Crippen LogP contribution < -0.4 is 0 Å². The third-order valence-corrected chi connectivity index (χ3v) is 1.13. The molecule has 4 heteroatoms. The van der Waals surface area contributed by atoms with Crippen molar-refractivity contribution in [2.24, 2.45) is 7.05 Å². The summed E-state index contributed by atoms with van der Waals surface area (Å²) in [6.07, 6.45) is 3.45. The van der Waals surface area contributed by atoms with Gasteiger partial charge in [0.2, 0.25) is 5.28 Å². The Hall–Kier alpha value is 0.0974. The molecule has 8 heavy (non-hydrogen) atoms. The van der Waals surface area contributed by atoms with E-state index >= 15 is 0 Å². The van der Waals surface area contributed by atoms with Crippen LogP contribution in [0.5, 0.6) is 0 Å². The minimum absolute atomic E-state index is 0. The molecule has 0 aliphatic heterocycles. The molecule has 0 radical (unpaired) electrons. The van der Waals surface area contributed by atoms with E-state index in [2.05, 4.69) is 4.98 Å². The van der Waals surface area contributed by atoms with Crippen molar-refractivity contribution in [1.29, 1.82) is 0 Å². The molecule has 0 spiro atoms. The average molecular weight is 124 g/mol. The fourth-order valence-electron chi connectivity index (χ4n) is 0.347. The quantitative estimate of drug-likeness (QED) is 0.459. The zero-order chi connectivity index (χ0) is 5.28. The van der Waals surface area contributed by atoms with E-state index in [1.165, 1.54) is 0 Å². The second kappa shape index (κ2) is 3.19. The number of nitrogens with zero attached hydrogens (tertiary/aromatic N) is 2. The first-order chi connectivity index (χ1) is 3.30. The first-order valence-corrected chi connectivity index (χ1v) is 2.31. The molecule has 0 aliphatic carbocycles. The van der Waals surface area contributed by atoms with Gasteiger partial charge in [0.15, 0.2) is 0 Å². The van der Waals surface area contributed by atoms with Gasteiger partial charge in [0.05, 0.1) is 0 Å². The Morgan fingerprint density at radius 3 is 2.50 bits per heavy atom. The van der Waals surface area contributed by atoms with Crippen molar-refractivity contribution in [3.63, 3.8) is 0 Å². The number of rotatable bonds is 0. The topological polar surface area (TPSA) is 17.8 Å². The standard InChI is InChI=1S/C4H5ClN2.Li.H/c1-7-3-2-6-4(7)5;;/h2-3H,1H3;;. The van der Waals surface area contributed by atoms with Gasteiger partial charge in [-0.2, -0.15) is 0 Å². The molecular weight excluding hydrogens is 118 g/mol. The first kappa shape index (κ1) is 8.10. The van der Waals surface area contributed by atoms with Crippen LogP contribution in [0.25, 0.3) is 0 Å². The zero-order valence-corrected chi connectivity index (χ0v) is 4.68. The Morgan fingerprint density at radius 2 is 2.38 bits per heavy atom. The van der Waals surface area contributed by atoms with Gasteiger partial charge in [-0.3, -0.25) is 0 Å². The number of hydrogen-bond acceptors (Lipinski definition) is 1. The Labute approximate surface area is 65.0 Å². The monoisotopic (exact) mass is 124 g/mol. The van der Waals surface area contributed by atoms with E-state index in [1.807, 2.05) is 7.05 Å². The van der Waals surface area contributed by atoms with Gasteiger partial charge >= 0.3 is 18.9 Å². The van der Waals surface area contributed by atoms with Gasteiger partial charge in [0, 0.05) is 19.4 Å². The van der Waals surface area contributed by atoms with Crippen molar-refractivity contribution in [2.75, 3.05) is 0 Å². The average Bonchev–Trinajstić information content (AvgIpc) is 1.91. The van der Waals surface area contributed by atoms with E-state index in [0.29, 0.717) is 5.28 Å². The molecule has 0 amide bonds. The summed E-state index contributed by atoms with van der Waals surface area (Å²) in [5.41, 5.74) is 0. The van der Waals surface area contributed by atoms with Crippen LogP contribution in [0.4, 0.5) is 0 Å². The molecule has 0 saturated heterocycles. The van der Waals surface area contributed by atoms with Crippen molar-refractivity contribution < 1.29 is 0 Å². The Bertz CT molecular complexity index is 146. The normalized spacial score (nSPS) is 8.25. The third-order valence-electron chi connectivity index (χ3n) is 0.762. The summed E-state index contributed by atoms with van der Waals surface area (Å²) in [5, 5.41) is 0.528. The summed E-state index contributed by atoms with van der Waals surface area (Å²) in [5.74, 6) is 0. The molecule has 0 bridgehead atoms. The van der Waals surface area contributed by atoms with Crippen molar-refractivity contribution in [2.45, 2.75) is 0 Å². The van der Waals surface area contributed by atoms with Gasteiger partial charge in [-0.05, 0) is 11.6 Å². The van der Waals surface area contributed by atoms with Crippen molar-refractivity contribution in [1.82, 2.24) is 9.55 Å². The van der Waals surface area contributed by atoms with Crippen LogP contribution in [0, 0.1) is 0 Å². The van der Waals surface area contributed by atoms with E-state index in [1.54, 1.807) is 17.0 Å². The summed E-state index contributed by atoms with van der Waals surface area (Å²) >= 11 is 5.48. The van der Waals surface area contributed by atoms with Crippen LogP contribution in [0.3, 0.4) is 0 Å². The van der Waals surface area contributed by atoms with E-state index in [-0.39, 0.29) is 18.9 Å². The van der Waals surface area contributed by atoms with E-state index in [9.17, 15) is 0 Å². The van der Waals surface area contributed by atoms with Crippen molar-refractivity contribution >= 4 is 30.5 Å². The molecule has 0 fully saturated rings. The summed E-state index contributed by atoms with van der Waals surface area (Å²) in [6, 6.07) is 0. The maximum absolute atomic E-state index is 5.48. The summed E-state index contributed by atoms with van der Waals surface area (Å²) < 4.78 is 1.74. The molecule has 2 nitrogen and oxygen atoms in total. The Balaban J connectivity index is 0.000000490. The van der Waals surface area contributed by atoms with E-state index < -0.39 is 0 Å². The molecule has 0 aliphatic rings. The predicted molar refractivity (Wildman–Crippen MR) is 35.4 cm³/mol. The van der Waals surface area contributed by atoms with Crippen LogP contribution in [0.15, 0.2) is 12.4 Å². The molecule has 1 aromatic heterocycles. The molecule has 0 aromatic carbocycles. The molecule has 0 saturated carbocycles. The van der Waals surface area contributed by atoms with Crippen LogP contribution in [0.1, 0.15) is 0 Å². The molecule has 0 unspecified atom stereocenters. The molecular formula is C4H6ClLiN2. The van der Waals surface area contributed by atoms with Gasteiger partial charge in [-0.1, -0.05) is 0 Å². The Kier molecular flexibility index (Phi) is 3.23. The molecule has 0 N–H and O–H groups in total. The van der Waals surface area contributed by atoms with Gasteiger partial charge < -0.3 is 4.57 Å². The van der Waals surface area contributed by atoms with Gasteiger partial charge in [0.25, 0.3) is 0 Å². The number of halogens is 1. The second-order valence-corrected chi connectivity index (χ2v) is 1.65. The van der Waals surface area contributed by atoms with Crippen molar-refractivity contribution in [3.05, 3.63) is 17.7 Å². The minimum atomic E-state index is 0. The summed E-state index contributed by atoms with van der Waals surface area (Å²) in [7, 11) is 1.84. The fraction of sp³-hybridized carbons (Fsp3) is 0.250. The van der Waals surface area contributed by atoms with Crippen LogP contribution >= 0.6 is 11.6 Å². The molecule has 40 valence electrons. The number of hydrogen-bond donors (Lipinski definition) is 0. The van der Waals surface area contributed by atoms with E-state index in [0.717, 1.165) is 0 Å². The molecule has 1 aromatic rings. The number of aromatic nitrogens is 2. The zero-order valence-electron chi connectivity index (χ0n) is 3.93. The van der Waals surface area contributed by atoms with Crippen molar-refractivity contribution in [3.8, 4) is 0 Å². The molecule has 1 heterocycles. The summed E-state index contributed by atoms with van der Waals surface area (Å²) in [4.78, 5) is 3.74. The second-order valence-electron chi connectivity index (χ2n) is 1.31.